The maximum Gasteiger partial charge on any atom is 0.152 e. The highest BCUT2D eigenvalue weighted by molar-refractivity contribution is 6.00. The van der Waals surface area contributed by atoms with Gasteiger partial charge in [-0.3, -0.25) is 4.79 Å². The number of aromatic nitrogens is 1. The van der Waals surface area contributed by atoms with Gasteiger partial charge in [0.2, 0.25) is 0 Å². The van der Waals surface area contributed by atoms with Crippen molar-refractivity contribution in [1.29, 1.82) is 0 Å². The molecule has 0 unspecified atom stereocenters. The van der Waals surface area contributed by atoms with Crippen LogP contribution in [0.15, 0.2) is 12.1 Å². The summed E-state index contributed by atoms with van der Waals surface area (Å²) in [4.78, 5) is 14.7. The molecule has 1 fully saturated rings. The molecule has 0 radical (unpaired) electrons. The minimum absolute atomic E-state index is 0.305. The fourth-order valence-electron chi connectivity index (χ4n) is 3.28. The van der Waals surface area contributed by atoms with Crippen LogP contribution in [0, 0.1) is 12.7 Å². The van der Waals surface area contributed by atoms with E-state index in [-0.39, 0.29) is 5.82 Å². The number of aromatic amines is 1. The average Bonchev–Trinajstić information content (AvgIpc) is 2.84. The van der Waals surface area contributed by atoms with E-state index >= 15 is 0 Å². The summed E-state index contributed by atoms with van der Waals surface area (Å²) in [6.07, 6.45) is 6.65. The summed E-state index contributed by atoms with van der Waals surface area (Å²) in [6, 6.07) is 3.20. The van der Waals surface area contributed by atoms with Gasteiger partial charge in [0.15, 0.2) is 6.29 Å². The van der Waals surface area contributed by atoms with Crippen LogP contribution in [0.1, 0.15) is 59.6 Å². The topological polar surface area (TPSA) is 32.9 Å². The van der Waals surface area contributed by atoms with E-state index in [1.807, 2.05) is 6.92 Å². The van der Waals surface area contributed by atoms with Gasteiger partial charge in [0.1, 0.15) is 5.82 Å². The lowest BCUT2D eigenvalue weighted by Gasteiger charge is -2.21. The number of fused-ring (bicyclic) bond motifs is 1. The molecule has 0 aliphatic heterocycles. The molecule has 1 aliphatic rings. The van der Waals surface area contributed by atoms with Crippen molar-refractivity contribution in [3.8, 4) is 0 Å². The molecule has 0 spiro atoms. The first-order valence-electron chi connectivity index (χ1n) is 6.98. The van der Waals surface area contributed by atoms with Gasteiger partial charge in [0.05, 0.1) is 5.52 Å². The number of hydrogen-bond acceptors (Lipinski definition) is 1. The Labute approximate surface area is 112 Å². The Balaban J connectivity index is 2.21. The molecule has 3 rings (SSSR count). The second kappa shape index (κ2) is 4.80. The van der Waals surface area contributed by atoms with E-state index in [1.54, 1.807) is 6.07 Å². The number of benzene rings is 1. The summed E-state index contributed by atoms with van der Waals surface area (Å²) >= 11 is 0. The second-order valence-corrected chi connectivity index (χ2v) is 5.52. The summed E-state index contributed by atoms with van der Waals surface area (Å²) in [5.41, 5.74) is 3.24. The van der Waals surface area contributed by atoms with Gasteiger partial charge >= 0.3 is 0 Å². The Kier molecular flexibility index (Phi) is 3.13. The Morgan fingerprint density at radius 3 is 2.68 bits per heavy atom. The summed E-state index contributed by atoms with van der Waals surface area (Å²) in [5, 5.41) is 0.468. The zero-order valence-electron chi connectivity index (χ0n) is 11.1. The van der Waals surface area contributed by atoms with E-state index in [0.717, 1.165) is 35.9 Å². The van der Waals surface area contributed by atoms with Gasteiger partial charge in [-0.1, -0.05) is 25.3 Å². The third-order valence-electron chi connectivity index (χ3n) is 4.31. The van der Waals surface area contributed by atoms with Crippen molar-refractivity contribution in [1.82, 2.24) is 4.98 Å². The molecule has 2 aromatic rings. The molecule has 100 valence electrons. The summed E-state index contributed by atoms with van der Waals surface area (Å²) in [7, 11) is 0. The molecule has 0 bridgehead atoms. The molecule has 0 atom stereocenters. The monoisotopic (exact) mass is 259 g/mol. The highest BCUT2D eigenvalue weighted by atomic mass is 19.1. The standard InChI is InChI=1S/C16H18FNO/c1-10-7-8-13(17)14-12(9-19)16(18-15(10)14)11-5-3-2-4-6-11/h7-9,11,18H,2-6H2,1H3. The summed E-state index contributed by atoms with van der Waals surface area (Å²) in [6.45, 7) is 1.94. The number of hydrogen-bond donors (Lipinski definition) is 1. The third kappa shape index (κ3) is 1.97. The van der Waals surface area contributed by atoms with Gasteiger partial charge in [-0.25, -0.2) is 4.39 Å². The number of rotatable bonds is 2. The van der Waals surface area contributed by atoms with Crippen molar-refractivity contribution in [2.75, 3.05) is 0 Å². The van der Waals surface area contributed by atoms with Gasteiger partial charge < -0.3 is 4.98 Å². The van der Waals surface area contributed by atoms with E-state index in [9.17, 15) is 9.18 Å². The SMILES string of the molecule is Cc1ccc(F)c2c(C=O)c(C3CCCCC3)[nH]c12. The van der Waals surface area contributed by atoms with Crippen LogP contribution in [0.3, 0.4) is 0 Å². The average molecular weight is 259 g/mol. The molecule has 3 heteroatoms. The molecule has 2 nitrogen and oxygen atoms in total. The van der Waals surface area contributed by atoms with Crippen molar-refractivity contribution in [3.63, 3.8) is 0 Å². The zero-order chi connectivity index (χ0) is 13.4. The predicted octanol–water partition coefficient (Wildman–Crippen LogP) is 4.48. The molecule has 0 amide bonds. The second-order valence-electron chi connectivity index (χ2n) is 5.52. The Morgan fingerprint density at radius 2 is 2.00 bits per heavy atom. The Morgan fingerprint density at radius 1 is 1.26 bits per heavy atom. The van der Waals surface area contributed by atoms with Crippen LogP contribution >= 0.6 is 0 Å². The molecule has 1 heterocycles. The number of halogens is 1. The van der Waals surface area contributed by atoms with Crippen LogP contribution in [0.25, 0.3) is 10.9 Å². The number of H-pyrrole nitrogens is 1. The number of carbonyl (C=O) groups is 1. The fourth-order valence-corrected chi connectivity index (χ4v) is 3.28. The molecular formula is C16H18FNO. The van der Waals surface area contributed by atoms with Gasteiger partial charge in [-0.15, -0.1) is 0 Å². The molecule has 19 heavy (non-hydrogen) atoms. The van der Waals surface area contributed by atoms with Gasteiger partial charge in [0.25, 0.3) is 0 Å². The maximum absolute atomic E-state index is 14.0. The van der Waals surface area contributed by atoms with E-state index < -0.39 is 0 Å². The summed E-state index contributed by atoms with van der Waals surface area (Å²) < 4.78 is 14.0. The molecule has 1 aromatic heterocycles. The zero-order valence-corrected chi connectivity index (χ0v) is 11.1. The van der Waals surface area contributed by atoms with Crippen LogP contribution in [0.4, 0.5) is 4.39 Å². The van der Waals surface area contributed by atoms with E-state index in [1.165, 1.54) is 25.3 Å². The number of carbonyl (C=O) groups excluding carboxylic acids is 1. The highest BCUT2D eigenvalue weighted by Crippen LogP contribution is 2.37. The highest BCUT2D eigenvalue weighted by Gasteiger charge is 2.23. The van der Waals surface area contributed by atoms with Crippen LogP contribution in [0.2, 0.25) is 0 Å². The molecule has 1 N–H and O–H groups in total. The first-order chi connectivity index (χ1) is 9.22. The van der Waals surface area contributed by atoms with Crippen LogP contribution in [0.5, 0.6) is 0 Å². The fraction of sp³-hybridized carbons (Fsp3) is 0.438. The van der Waals surface area contributed by atoms with Crippen molar-refractivity contribution >= 4 is 17.2 Å². The molecule has 1 aliphatic carbocycles. The minimum atomic E-state index is -0.305. The van der Waals surface area contributed by atoms with Crippen molar-refractivity contribution in [2.24, 2.45) is 0 Å². The van der Waals surface area contributed by atoms with Crippen LogP contribution in [-0.4, -0.2) is 11.3 Å². The van der Waals surface area contributed by atoms with Crippen molar-refractivity contribution in [3.05, 3.63) is 34.8 Å². The van der Waals surface area contributed by atoms with Gasteiger partial charge in [-0.05, 0) is 37.3 Å². The van der Waals surface area contributed by atoms with E-state index in [0.29, 0.717) is 16.9 Å². The molecule has 1 aromatic carbocycles. The Bertz CT molecular complexity index is 623. The summed E-state index contributed by atoms with van der Waals surface area (Å²) in [5.74, 6) is 0.0705. The number of aryl methyl sites for hydroxylation is 1. The first-order valence-corrected chi connectivity index (χ1v) is 6.98. The number of nitrogens with one attached hydrogen (secondary N) is 1. The van der Waals surface area contributed by atoms with Crippen molar-refractivity contribution < 1.29 is 9.18 Å². The van der Waals surface area contributed by atoms with E-state index in [2.05, 4.69) is 4.98 Å². The maximum atomic E-state index is 14.0. The lowest BCUT2D eigenvalue weighted by atomic mass is 9.85. The van der Waals surface area contributed by atoms with Crippen molar-refractivity contribution in [2.45, 2.75) is 44.9 Å². The first kappa shape index (κ1) is 12.4. The lowest BCUT2D eigenvalue weighted by Crippen LogP contribution is -2.07. The molecule has 0 saturated heterocycles. The number of aldehydes is 1. The van der Waals surface area contributed by atoms with Crippen LogP contribution in [-0.2, 0) is 0 Å². The normalized spacial score (nSPS) is 16.9. The third-order valence-corrected chi connectivity index (χ3v) is 4.31. The quantitative estimate of drug-likeness (QED) is 0.793. The lowest BCUT2D eigenvalue weighted by molar-refractivity contribution is 0.112. The molecule has 1 saturated carbocycles. The predicted molar refractivity (Wildman–Crippen MR) is 74.2 cm³/mol. The van der Waals surface area contributed by atoms with Gasteiger partial charge in [-0.2, -0.15) is 0 Å². The Hall–Kier alpha value is -1.64. The largest absolute Gasteiger partial charge is 0.357 e. The van der Waals surface area contributed by atoms with Gasteiger partial charge in [0, 0.05) is 16.6 Å². The molecular weight excluding hydrogens is 241 g/mol. The van der Waals surface area contributed by atoms with Crippen LogP contribution < -0.4 is 0 Å². The smallest absolute Gasteiger partial charge is 0.152 e. The van der Waals surface area contributed by atoms with E-state index in [4.69, 9.17) is 0 Å². The minimum Gasteiger partial charge on any atom is -0.357 e.